The maximum absolute atomic E-state index is 5.00. The lowest BCUT2D eigenvalue weighted by atomic mass is 10.4. The number of thiocarbonyl (C=S) groups is 1. The van der Waals surface area contributed by atoms with Crippen molar-refractivity contribution in [1.29, 1.82) is 0 Å². The van der Waals surface area contributed by atoms with Crippen molar-refractivity contribution in [3.8, 4) is 5.88 Å². The quantitative estimate of drug-likeness (QED) is 0.546. The van der Waals surface area contributed by atoms with Crippen LogP contribution in [-0.4, -0.2) is 22.2 Å². The lowest BCUT2D eigenvalue weighted by Crippen LogP contribution is -2.04. The molecule has 0 saturated carbocycles. The second kappa shape index (κ2) is 2.81. The van der Waals surface area contributed by atoms with Crippen molar-refractivity contribution in [1.82, 2.24) is 15.4 Å². The molecule has 0 aromatic carbocycles. The Balaban J connectivity index is 2.35. The molecule has 1 aromatic rings. The average Bonchev–Trinajstić information content (AvgIpc) is 2.81. The Hall–Kier alpha value is -1.43. The number of nitrogens with one attached hydrogen (secondary N) is 1. The van der Waals surface area contributed by atoms with Crippen LogP contribution in [0.15, 0.2) is 6.07 Å². The molecule has 0 radical (unpaired) electrons. The summed E-state index contributed by atoms with van der Waals surface area (Å²) in [5, 5.41) is 2.25. The molecule has 2 rings (SSSR count). The summed E-state index contributed by atoms with van der Waals surface area (Å²) in [5.41, 5.74) is 3.66. The van der Waals surface area contributed by atoms with Crippen LogP contribution in [0.3, 0.4) is 0 Å². The van der Waals surface area contributed by atoms with E-state index in [2.05, 4.69) is 15.4 Å². The first-order valence-electron chi connectivity index (χ1n) is 3.71. The number of rotatable bonds is 2. The zero-order valence-electron chi connectivity index (χ0n) is 7.24. The van der Waals surface area contributed by atoms with E-state index in [4.69, 9.17) is 17.0 Å². The molecule has 5 nitrogen and oxygen atoms in total. The number of anilines is 1. The number of methoxy groups -OCH3 is 1. The van der Waals surface area contributed by atoms with Gasteiger partial charge in [-0.3, -0.25) is 5.43 Å². The zero-order valence-corrected chi connectivity index (χ0v) is 8.05. The molecule has 1 saturated heterocycles. The number of hydrogen-bond acceptors (Lipinski definition) is 4. The molecule has 0 atom stereocenters. The van der Waals surface area contributed by atoms with Gasteiger partial charge >= 0.3 is 0 Å². The predicted molar refractivity (Wildman–Crippen MR) is 51.5 cm³/mol. The van der Waals surface area contributed by atoms with Gasteiger partial charge in [0.25, 0.3) is 5.95 Å². The van der Waals surface area contributed by atoms with Crippen molar-refractivity contribution in [3.05, 3.63) is 11.8 Å². The second-order valence-electron chi connectivity index (χ2n) is 2.60. The Morgan fingerprint density at radius 1 is 1.54 bits per heavy atom. The minimum atomic E-state index is 0.529. The normalized spacial score (nSPS) is 14.0. The van der Waals surface area contributed by atoms with E-state index in [-0.39, 0.29) is 0 Å². The zero-order chi connectivity index (χ0) is 9.42. The Morgan fingerprint density at radius 2 is 2.23 bits per heavy atom. The lowest BCUT2D eigenvalue weighted by Gasteiger charge is -2.02. The largest absolute Gasteiger partial charge is 0.481 e. The van der Waals surface area contributed by atoms with Crippen molar-refractivity contribution < 1.29 is 4.74 Å². The minimum absolute atomic E-state index is 0.529. The van der Waals surface area contributed by atoms with Gasteiger partial charge in [-0.2, -0.15) is 9.99 Å². The van der Waals surface area contributed by atoms with E-state index in [0.717, 1.165) is 5.69 Å². The van der Waals surface area contributed by atoms with Gasteiger partial charge in [0.2, 0.25) is 11.0 Å². The fourth-order valence-electron chi connectivity index (χ4n) is 0.941. The highest BCUT2D eigenvalue weighted by Gasteiger charge is 2.29. The fraction of sp³-hybridized carbons (Fsp3) is 0.286. The van der Waals surface area contributed by atoms with Gasteiger partial charge in [0, 0.05) is 11.8 Å². The highest BCUT2D eigenvalue weighted by atomic mass is 32.1. The van der Waals surface area contributed by atoms with Gasteiger partial charge in [-0.05, 0) is 19.1 Å². The van der Waals surface area contributed by atoms with Crippen molar-refractivity contribution in [2.75, 3.05) is 12.1 Å². The second-order valence-corrected chi connectivity index (χ2v) is 2.99. The summed E-state index contributed by atoms with van der Waals surface area (Å²) in [7, 11) is 1.57. The van der Waals surface area contributed by atoms with E-state index < -0.39 is 0 Å². The van der Waals surface area contributed by atoms with E-state index in [0.29, 0.717) is 16.9 Å². The summed E-state index contributed by atoms with van der Waals surface area (Å²) in [6.07, 6.45) is 0. The Labute approximate surface area is 80.7 Å². The number of ether oxygens (including phenoxy) is 1. The SMILES string of the molecule is COc1cc(C)nc(N2NC2=S)n1. The Morgan fingerprint density at radius 3 is 2.77 bits per heavy atom. The number of aromatic nitrogens is 2. The van der Waals surface area contributed by atoms with E-state index in [9.17, 15) is 0 Å². The van der Waals surface area contributed by atoms with Crippen LogP contribution in [0.2, 0.25) is 0 Å². The van der Waals surface area contributed by atoms with Crippen LogP contribution >= 0.6 is 12.2 Å². The third kappa shape index (κ3) is 1.52. The summed E-state index contributed by atoms with van der Waals surface area (Å²) < 4.78 is 5.00. The van der Waals surface area contributed by atoms with Gasteiger partial charge in [-0.25, -0.2) is 4.98 Å². The molecule has 0 bridgehead atoms. The molecular formula is C7H8N4OS. The van der Waals surface area contributed by atoms with Gasteiger partial charge in [0.15, 0.2) is 0 Å². The molecule has 0 unspecified atom stereocenters. The lowest BCUT2D eigenvalue weighted by molar-refractivity contribution is 0.397. The molecule has 1 aliphatic rings. The highest BCUT2D eigenvalue weighted by molar-refractivity contribution is 7.81. The number of aryl methyl sites for hydroxylation is 1. The summed E-state index contributed by atoms with van der Waals surface area (Å²) in [4.78, 5) is 8.29. The predicted octanol–water partition coefficient (Wildman–Crippen LogP) is 0.403. The van der Waals surface area contributed by atoms with Crippen LogP contribution in [0, 0.1) is 6.92 Å². The number of hydrogen-bond donors (Lipinski definition) is 1. The molecule has 2 heterocycles. The standard InChI is InChI=1S/C7H8N4OS/c1-4-3-5(12-2)9-6(8-4)11-7(13)10-11/h3H,1-2H3,(H,10,13). The molecule has 0 spiro atoms. The Kier molecular flexibility index (Phi) is 1.77. The summed E-state index contributed by atoms with van der Waals surface area (Å²) in [5.74, 6) is 1.07. The molecule has 13 heavy (non-hydrogen) atoms. The van der Waals surface area contributed by atoms with E-state index in [1.807, 2.05) is 6.92 Å². The fourth-order valence-corrected chi connectivity index (χ4v) is 1.11. The van der Waals surface area contributed by atoms with Crippen LogP contribution in [0.1, 0.15) is 5.69 Å². The smallest absolute Gasteiger partial charge is 0.255 e. The van der Waals surface area contributed by atoms with Gasteiger partial charge in [0.05, 0.1) is 7.11 Å². The van der Waals surface area contributed by atoms with E-state index >= 15 is 0 Å². The highest BCUT2D eigenvalue weighted by Crippen LogP contribution is 2.18. The van der Waals surface area contributed by atoms with Crippen LogP contribution in [0.25, 0.3) is 0 Å². The van der Waals surface area contributed by atoms with Crippen LogP contribution in [0.5, 0.6) is 5.88 Å². The molecule has 6 heteroatoms. The van der Waals surface area contributed by atoms with Crippen molar-refractivity contribution in [3.63, 3.8) is 0 Å². The molecule has 1 aliphatic heterocycles. The van der Waals surface area contributed by atoms with Crippen LogP contribution in [-0.2, 0) is 0 Å². The molecule has 0 amide bonds. The molecule has 1 fully saturated rings. The van der Waals surface area contributed by atoms with Crippen LogP contribution < -0.4 is 15.2 Å². The monoisotopic (exact) mass is 196 g/mol. The maximum Gasteiger partial charge on any atom is 0.255 e. The first-order valence-corrected chi connectivity index (χ1v) is 4.12. The first-order chi connectivity index (χ1) is 6.20. The number of nitrogens with zero attached hydrogens (tertiary/aromatic N) is 3. The summed E-state index contributed by atoms with van der Waals surface area (Å²) in [6.45, 7) is 1.88. The van der Waals surface area contributed by atoms with Gasteiger partial charge < -0.3 is 4.74 Å². The summed E-state index contributed by atoms with van der Waals surface area (Å²) >= 11 is 4.87. The van der Waals surface area contributed by atoms with Gasteiger partial charge in [-0.15, -0.1) is 0 Å². The topological polar surface area (TPSA) is 60.0 Å². The molecule has 1 aromatic heterocycles. The average molecular weight is 196 g/mol. The Bertz CT molecular complexity index is 368. The van der Waals surface area contributed by atoms with E-state index in [1.165, 1.54) is 0 Å². The van der Waals surface area contributed by atoms with Gasteiger partial charge in [0.1, 0.15) is 0 Å². The van der Waals surface area contributed by atoms with Crippen molar-refractivity contribution in [2.24, 2.45) is 0 Å². The number of hydrazine groups is 1. The third-order valence-corrected chi connectivity index (χ3v) is 1.86. The first kappa shape index (κ1) is 8.18. The van der Waals surface area contributed by atoms with Gasteiger partial charge in [-0.1, -0.05) is 0 Å². The molecule has 1 N–H and O–H groups in total. The minimum Gasteiger partial charge on any atom is -0.481 e. The third-order valence-electron chi connectivity index (χ3n) is 1.59. The maximum atomic E-state index is 5.00. The van der Waals surface area contributed by atoms with Crippen LogP contribution in [0.4, 0.5) is 5.95 Å². The van der Waals surface area contributed by atoms with Crippen molar-refractivity contribution in [2.45, 2.75) is 6.92 Å². The van der Waals surface area contributed by atoms with E-state index in [1.54, 1.807) is 18.2 Å². The molecule has 68 valence electrons. The van der Waals surface area contributed by atoms with Crippen molar-refractivity contribution >= 4 is 23.3 Å². The molecule has 0 aliphatic carbocycles. The molecular weight excluding hydrogens is 188 g/mol. The summed E-state index contributed by atoms with van der Waals surface area (Å²) in [6, 6.07) is 1.76.